The second-order valence-corrected chi connectivity index (χ2v) is 7.86. The number of nitrogen functional groups attached to an aromatic ring is 1. The maximum absolute atomic E-state index is 8.95. The Labute approximate surface area is 173 Å². The molecule has 5 heteroatoms. The second-order valence-electron chi connectivity index (χ2n) is 6.95. The van der Waals surface area contributed by atoms with Crippen LogP contribution >= 0.6 is 11.3 Å². The summed E-state index contributed by atoms with van der Waals surface area (Å²) >= 11 is 1.51. The Morgan fingerprint density at radius 3 is 2.10 bits per heavy atom. The lowest BCUT2D eigenvalue weighted by Crippen LogP contribution is -2.17. The van der Waals surface area contributed by atoms with Crippen LogP contribution in [0, 0.1) is 11.3 Å². The van der Waals surface area contributed by atoms with E-state index in [1.165, 1.54) is 16.9 Å². The number of nitriles is 1. The van der Waals surface area contributed by atoms with Crippen molar-refractivity contribution in [3.05, 3.63) is 101 Å². The number of rotatable bonds is 5. The van der Waals surface area contributed by atoms with Crippen molar-refractivity contribution in [3.8, 4) is 22.9 Å². The summed E-state index contributed by atoms with van der Waals surface area (Å²) in [5.74, 6) is 0.651. The van der Waals surface area contributed by atoms with Gasteiger partial charge in [-0.25, -0.2) is 4.98 Å². The van der Waals surface area contributed by atoms with E-state index in [-0.39, 0.29) is 5.92 Å². The molecule has 0 amide bonds. The number of anilines is 1. The molecule has 4 aromatic rings. The summed E-state index contributed by atoms with van der Waals surface area (Å²) in [6.07, 6.45) is 0.831. The summed E-state index contributed by atoms with van der Waals surface area (Å²) in [5, 5.41) is 19.5. The highest BCUT2D eigenvalue weighted by atomic mass is 32.1. The Morgan fingerprint density at radius 2 is 1.55 bits per heavy atom. The first-order valence-corrected chi connectivity index (χ1v) is 10.2. The van der Waals surface area contributed by atoms with E-state index in [4.69, 9.17) is 16.1 Å². The third-order valence-corrected chi connectivity index (χ3v) is 5.74. The standard InChI is InChI=1S/C24H19N3OS/c25-14-17-3-7-19(8-4-17)18-5-1-16(2-6-18)13-22(23-15-29-24(26)27-23)20-9-11-21(28)12-10-20/h1-12,15,22,28H,13H2,(H2,26,27)/p+2/t22-/m0/s1. The van der Waals surface area contributed by atoms with Gasteiger partial charge in [0.2, 0.25) is 0 Å². The smallest absolute Gasteiger partial charge is 0.329 e. The maximum Gasteiger partial charge on any atom is 0.329 e. The van der Waals surface area contributed by atoms with E-state index in [0.29, 0.717) is 16.4 Å². The lowest BCUT2D eigenvalue weighted by molar-refractivity contribution is -0.368. The Morgan fingerprint density at radius 1 is 0.931 bits per heavy atom. The van der Waals surface area contributed by atoms with E-state index in [0.717, 1.165) is 28.8 Å². The first-order chi connectivity index (χ1) is 14.1. The molecule has 4 nitrogen and oxygen atoms in total. The molecule has 0 bridgehead atoms. The van der Waals surface area contributed by atoms with Crippen LogP contribution in [0.3, 0.4) is 0 Å². The molecule has 0 aliphatic carbocycles. The highest BCUT2D eigenvalue weighted by Gasteiger charge is 2.21. The third-order valence-electron chi connectivity index (χ3n) is 5.01. The molecule has 0 saturated carbocycles. The summed E-state index contributed by atoms with van der Waals surface area (Å²) in [6.45, 7) is 0. The monoisotopic (exact) mass is 399 g/mol. The quantitative estimate of drug-likeness (QED) is 0.501. The zero-order valence-electron chi connectivity index (χ0n) is 15.7. The average molecular weight is 400 g/mol. The van der Waals surface area contributed by atoms with Gasteiger partial charge in [0, 0.05) is 17.5 Å². The lowest BCUT2D eigenvalue weighted by Gasteiger charge is -2.15. The third kappa shape index (κ3) is 4.29. The van der Waals surface area contributed by atoms with Crippen LogP contribution in [0.15, 0.2) is 78.2 Å². The van der Waals surface area contributed by atoms with Crippen molar-refractivity contribution >= 4 is 16.5 Å². The number of aromatic amines is 1. The Balaban J connectivity index is 1.60. The molecule has 29 heavy (non-hydrogen) atoms. The van der Waals surface area contributed by atoms with Crippen LogP contribution in [0.25, 0.3) is 11.1 Å². The fourth-order valence-corrected chi connectivity index (χ4v) is 4.08. The summed E-state index contributed by atoms with van der Waals surface area (Å²) < 4.78 is 0. The minimum atomic E-state index is 0.143. The van der Waals surface area contributed by atoms with Crippen molar-refractivity contribution in [1.82, 2.24) is 0 Å². The number of nitrogens with one attached hydrogen (secondary N) is 1. The molecule has 5 N–H and O–H groups in total. The topological polar surface area (TPSA) is 86.8 Å². The number of nitrogens with zero attached hydrogens (tertiary/aromatic N) is 1. The Bertz CT molecular complexity index is 1140. The van der Waals surface area contributed by atoms with Gasteiger partial charge in [0.05, 0.1) is 17.6 Å². The minimum Gasteiger partial charge on any atom is -0.593 e. The number of thiazole rings is 1. The SMILES string of the molecule is N#Cc1ccc(-c2ccc(C[C@@H](c3ccc([OH2+])cc3)c3csc(N)[nH+]3)cc2)cc1. The van der Waals surface area contributed by atoms with Crippen LogP contribution in [-0.4, -0.2) is 5.11 Å². The Hall–Kier alpha value is -3.62. The van der Waals surface area contributed by atoms with Crippen molar-refractivity contribution in [1.29, 1.82) is 5.26 Å². The van der Waals surface area contributed by atoms with Gasteiger partial charge in [-0.2, -0.15) is 5.26 Å². The summed E-state index contributed by atoms with van der Waals surface area (Å²) in [4.78, 5) is 3.28. The van der Waals surface area contributed by atoms with Gasteiger partial charge >= 0.3 is 5.13 Å². The van der Waals surface area contributed by atoms with Crippen LogP contribution in [0.5, 0.6) is 5.75 Å². The first kappa shape index (κ1) is 18.7. The normalized spacial score (nSPS) is 11.7. The van der Waals surface area contributed by atoms with Gasteiger partial charge < -0.3 is 5.11 Å². The molecule has 142 valence electrons. The zero-order valence-corrected chi connectivity index (χ0v) is 16.5. The molecule has 0 radical (unpaired) electrons. The van der Waals surface area contributed by atoms with Gasteiger partial charge in [-0.3, -0.25) is 5.73 Å². The molecule has 3 aromatic carbocycles. The van der Waals surface area contributed by atoms with Crippen LogP contribution < -0.4 is 10.7 Å². The van der Waals surface area contributed by atoms with Crippen molar-refractivity contribution in [2.45, 2.75) is 12.3 Å². The largest absolute Gasteiger partial charge is 0.593 e. The number of hydrogen-bond acceptors (Lipinski definition) is 3. The number of nitrogens with two attached hydrogens (primary N) is 1. The van der Waals surface area contributed by atoms with Gasteiger partial charge in [-0.15, -0.1) is 0 Å². The number of H-pyrrole nitrogens is 1. The van der Waals surface area contributed by atoms with Gasteiger partial charge in [-0.05, 0) is 52.9 Å². The van der Waals surface area contributed by atoms with E-state index >= 15 is 0 Å². The first-order valence-electron chi connectivity index (χ1n) is 9.29. The van der Waals surface area contributed by atoms with E-state index in [9.17, 15) is 0 Å². The fourth-order valence-electron chi connectivity index (χ4n) is 3.43. The summed E-state index contributed by atoms with van der Waals surface area (Å²) in [5.41, 5.74) is 12.3. The Kier molecular flexibility index (Phi) is 5.28. The molecular weight excluding hydrogens is 378 g/mol. The van der Waals surface area contributed by atoms with Gasteiger partial charge in [0.15, 0.2) is 0 Å². The molecular formula is C24H21N3OS+2. The van der Waals surface area contributed by atoms with Crippen LogP contribution in [-0.2, 0) is 6.42 Å². The molecule has 1 heterocycles. The van der Waals surface area contributed by atoms with E-state index in [1.54, 1.807) is 0 Å². The molecule has 1 atom stereocenters. The zero-order chi connectivity index (χ0) is 20.2. The fraction of sp³-hybridized carbons (Fsp3) is 0.0833. The maximum atomic E-state index is 8.95. The highest BCUT2D eigenvalue weighted by Crippen LogP contribution is 2.30. The van der Waals surface area contributed by atoms with Gasteiger partial charge in [0.1, 0.15) is 5.69 Å². The van der Waals surface area contributed by atoms with Crippen LogP contribution in [0.4, 0.5) is 5.13 Å². The molecule has 0 aliphatic rings. The lowest BCUT2D eigenvalue weighted by atomic mass is 9.89. The highest BCUT2D eigenvalue weighted by molar-refractivity contribution is 7.13. The minimum absolute atomic E-state index is 0.143. The number of benzene rings is 3. The van der Waals surface area contributed by atoms with Crippen molar-refractivity contribution in [2.24, 2.45) is 0 Å². The molecule has 0 aliphatic heterocycles. The van der Waals surface area contributed by atoms with E-state index in [1.807, 2.05) is 48.5 Å². The summed E-state index contributed by atoms with van der Waals surface area (Å²) in [6, 6.07) is 26.0. The molecule has 0 saturated heterocycles. The van der Waals surface area contributed by atoms with Crippen molar-refractivity contribution < 1.29 is 10.1 Å². The van der Waals surface area contributed by atoms with Crippen molar-refractivity contribution in [3.63, 3.8) is 0 Å². The van der Waals surface area contributed by atoms with Crippen molar-refractivity contribution in [2.75, 3.05) is 5.73 Å². The number of aromatic nitrogens is 1. The summed E-state index contributed by atoms with van der Waals surface area (Å²) in [7, 11) is 0. The predicted octanol–water partition coefficient (Wildman–Crippen LogP) is 4.50. The van der Waals surface area contributed by atoms with Crippen LogP contribution in [0.2, 0.25) is 0 Å². The van der Waals surface area contributed by atoms with Gasteiger partial charge in [-0.1, -0.05) is 47.7 Å². The molecule has 4 rings (SSSR count). The molecule has 1 aromatic heterocycles. The second kappa shape index (κ2) is 8.17. The average Bonchev–Trinajstić information content (AvgIpc) is 3.19. The molecule has 0 fully saturated rings. The van der Waals surface area contributed by atoms with E-state index < -0.39 is 0 Å². The number of hydrogen-bond donors (Lipinski definition) is 1. The molecule has 0 spiro atoms. The van der Waals surface area contributed by atoms with E-state index in [2.05, 4.69) is 40.7 Å². The van der Waals surface area contributed by atoms with Crippen LogP contribution in [0.1, 0.15) is 28.3 Å². The van der Waals surface area contributed by atoms with Gasteiger partial charge in [0.25, 0.3) is 5.75 Å². The predicted molar refractivity (Wildman–Crippen MR) is 117 cm³/mol. The molecule has 0 unspecified atom stereocenters.